The van der Waals surface area contributed by atoms with Crippen LogP contribution >= 0.6 is 0 Å². The van der Waals surface area contributed by atoms with Gasteiger partial charge in [0.2, 0.25) is 0 Å². The Hall–Kier alpha value is -3.52. The summed E-state index contributed by atoms with van der Waals surface area (Å²) in [5, 5.41) is 0. The lowest BCUT2D eigenvalue weighted by atomic mass is 9.79. The monoisotopic (exact) mass is 390 g/mol. The fourth-order valence-corrected chi connectivity index (χ4v) is 3.51. The zero-order valence-corrected chi connectivity index (χ0v) is 15.4. The third-order valence-corrected chi connectivity index (χ3v) is 4.80. The highest BCUT2D eigenvalue weighted by Crippen LogP contribution is 2.43. The second kappa shape index (κ2) is 7.84. The van der Waals surface area contributed by atoms with E-state index < -0.39 is 24.3 Å². The Morgan fingerprint density at radius 2 is 1.62 bits per heavy atom. The summed E-state index contributed by atoms with van der Waals surface area (Å²) in [5.41, 5.74) is 1.05. The highest BCUT2D eigenvalue weighted by molar-refractivity contribution is 5.75. The van der Waals surface area contributed by atoms with Crippen molar-refractivity contribution in [2.24, 2.45) is 4.99 Å². The molecule has 0 radical (unpaired) electrons. The fourth-order valence-electron chi connectivity index (χ4n) is 3.51. The number of aliphatic imine (C=N–C) groups is 1. The number of nitrogens with zero attached hydrogens (tertiary/aromatic N) is 2. The van der Waals surface area contributed by atoms with Crippen LogP contribution < -0.4 is 0 Å². The predicted octanol–water partition coefficient (Wildman–Crippen LogP) is 5.36. The minimum absolute atomic E-state index is 0.440. The maximum Gasteiger partial charge on any atom is 0.255 e. The maximum absolute atomic E-state index is 14.2. The van der Waals surface area contributed by atoms with Gasteiger partial charge in [0.05, 0.1) is 18.6 Å². The number of benzene rings is 3. The molecule has 4 rings (SSSR count). The van der Waals surface area contributed by atoms with Crippen molar-refractivity contribution >= 4 is 12.0 Å². The number of alkyl halides is 2. The summed E-state index contributed by atoms with van der Waals surface area (Å²) in [4.78, 5) is 5.67. The normalized spacial score (nSPS) is 17.6. The highest BCUT2D eigenvalue weighted by Gasteiger charge is 2.43. The van der Waals surface area contributed by atoms with Crippen molar-refractivity contribution in [2.75, 3.05) is 6.54 Å². The summed E-state index contributed by atoms with van der Waals surface area (Å²) < 4.78 is 41.2. The average molecular weight is 390 g/mol. The Labute approximate surface area is 167 Å². The van der Waals surface area contributed by atoms with E-state index in [1.807, 2.05) is 60.7 Å². The van der Waals surface area contributed by atoms with Crippen LogP contribution in [0.1, 0.15) is 16.7 Å². The molecule has 5 heteroatoms. The summed E-state index contributed by atoms with van der Waals surface area (Å²) in [6.45, 7) is -0.585. The topological polar surface area (TPSA) is 15.6 Å². The third-order valence-electron chi connectivity index (χ3n) is 4.80. The van der Waals surface area contributed by atoms with Crippen molar-refractivity contribution in [3.05, 3.63) is 101 Å². The van der Waals surface area contributed by atoms with E-state index in [0.29, 0.717) is 16.8 Å². The van der Waals surface area contributed by atoms with Gasteiger partial charge in [-0.25, -0.2) is 18.2 Å². The van der Waals surface area contributed by atoms with E-state index in [4.69, 9.17) is 0 Å². The van der Waals surface area contributed by atoms with Crippen molar-refractivity contribution in [1.29, 1.82) is 0 Å². The summed E-state index contributed by atoms with van der Waals surface area (Å²) in [5.74, 6) is 5.82. The lowest BCUT2D eigenvalue weighted by molar-refractivity contribution is 0.0962. The Bertz CT molecular complexity index is 1090. The van der Waals surface area contributed by atoms with Gasteiger partial charge in [0.25, 0.3) is 6.43 Å². The van der Waals surface area contributed by atoms with Crippen molar-refractivity contribution in [2.45, 2.75) is 12.0 Å². The fraction of sp³-hybridized carbons (Fsp3) is 0.125. The van der Waals surface area contributed by atoms with Crippen LogP contribution in [-0.2, 0) is 5.54 Å². The van der Waals surface area contributed by atoms with Crippen LogP contribution in [0.3, 0.4) is 0 Å². The van der Waals surface area contributed by atoms with Gasteiger partial charge in [0.15, 0.2) is 5.54 Å². The summed E-state index contributed by atoms with van der Waals surface area (Å²) >= 11 is 0. The van der Waals surface area contributed by atoms with E-state index in [2.05, 4.69) is 16.8 Å². The van der Waals surface area contributed by atoms with E-state index in [1.54, 1.807) is 6.07 Å². The molecular weight excluding hydrogens is 373 g/mol. The summed E-state index contributed by atoms with van der Waals surface area (Å²) in [6.07, 6.45) is -1.24. The number of rotatable bonds is 3. The average Bonchev–Trinajstić information content (AvgIpc) is 2.74. The SMILES string of the molecule is Fc1ccc2c(c1)C(C#Cc1ccccc1)(c1ccccc1)N(CC(F)F)C=N2. The molecule has 1 unspecified atom stereocenters. The van der Waals surface area contributed by atoms with E-state index in [9.17, 15) is 13.2 Å². The Morgan fingerprint density at radius 3 is 2.31 bits per heavy atom. The number of fused-ring (bicyclic) bond motifs is 1. The van der Waals surface area contributed by atoms with Crippen molar-refractivity contribution in [3.8, 4) is 11.8 Å². The molecule has 0 fully saturated rings. The second-order valence-electron chi connectivity index (χ2n) is 6.64. The molecule has 0 aliphatic carbocycles. The van der Waals surface area contributed by atoms with E-state index in [0.717, 1.165) is 5.56 Å². The van der Waals surface area contributed by atoms with Gasteiger partial charge < -0.3 is 4.90 Å². The van der Waals surface area contributed by atoms with E-state index >= 15 is 0 Å². The molecule has 0 N–H and O–H groups in total. The summed E-state index contributed by atoms with van der Waals surface area (Å²) in [6, 6.07) is 22.5. The number of hydrogen-bond acceptors (Lipinski definition) is 2. The lowest BCUT2D eigenvalue weighted by Gasteiger charge is -2.42. The van der Waals surface area contributed by atoms with Gasteiger partial charge in [-0.2, -0.15) is 0 Å². The van der Waals surface area contributed by atoms with Crippen molar-refractivity contribution < 1.29 is 13.2 Å². The molecule has 0 saturated carbocycles. The number of hydrogen-bond donors (Lipinski definition) is 0. The van der Waals surface area contributed by atoms with Crippen LogP contribution in [0.2, 0.25) is 0 Å². The van der Waals surface area contributed by atoms with Crippen LogP contribution in [0.5, 0.6) is 0 Å². The molecule has 3 aromatic rings. The molecule has 0 spiro atoms. The molecule has 1 heterocycles. The molecule has 0 bridgehead atoms. The zero-order valence-electron chi connectivity index (χ0n) is 15.4. The first-order chi connectivity index (χ1) is 14.1. The quantitative estimate of drug-likeness (QED) is 0.550. The minimum atomic E-state index is -2.61. The molecule has 2 nitrogen and oxygen atoms in total. The molecule has 1 aliphatic heterocycles. The Balaban J connectivity index is 2.01. The second-order valence-corrected chi connectivity index (χ2v) is 6.64. The molecule has 0 saturated heterocycles. The van der Waals surface area contributed by atoms with Gasteiger partial charge in [-0.3, -0.25) is 0 Å². The standard InChI is InChI=1S/C24H17F3N2/c25-20-11-12-22-21(15-20)24(19-9-5-2-6-10-19,29(17-28-22)16-23(26)27)14-13-18-7-3-1-4-8-18/h1-12,15,17,23H,16H2. The van der Waals surface area contributed by atoms with Crippen molar-refractivity contribution in [3.63, 3.8) is 0 Å². The molecule has 1 atom stereocenters. The molecule has 29 heavy (non-hydrogen) atoms. The largest absolute Gasteiger partial charge is 0.333 e. The van der Waals surface area contributed by atoms with Gasteiger partial charge >= 0.3 is 0 Å². The van der Waals surface area contributed by atoms with Gasteiger partial charge in [0.1, 0.15) is 5.82 Å². The molecule has 0 amide bonds. The molecule has 0 aromatic heterocycles. The smallest absolute Gasteiger partial charge is 0.255 e. The van der Waals surface area contributed by atoms with Crippen LogP contribution in [0.25, 0.3) is 0 Å². The van der Waals surface area contributed by atoms with Crippen LogP contribution in [0.15, 0.2) is 83.9 Å². The minimum Gasteiger partial charge on any atom is -0.333 e. The van der Waals surface area contributed by atoms with Gasteiger partial charge in [0, 0.05) is 11.1 Å². The first-order valence-electron chi connectivity index (χ1n) is 9.12. The molecule has 3 aromatic carbocycles. The lowest BCUT2D eigenvalue weighted by Crippen LogP contribution is -2.49. The number of halogens is 3. The molecule has 1 aliphatic rings. The van der Waals surface area contributed by atoms with Gasteiger partial charge in [-0.15, -0.1) is 0 Å². The Morgan fingerprint density at radius 1 is 0.931 bits per heavy atom. The van der Waals surface area contributed by atoms with Crippen LogP contribution in [0, 0.1) is 17.7 Å². The van der Waals surface area contributed by atoms with Crippen LogP contribution in [-0.4, -0.2) is 24.2 Å². The predicted molar refractivity (Wildman–Crippen MR) is 108 cm³/mol. The third kappa shape index (κ3) is 3.62. The van der Waals surface area contributed by atoms with Crippen LogP contribution in [0.4, 0.5) is 18.9 Å². The van der Waals surface area contributed by atoms with Gasteiger partial charge in [-0.05, 0) is 35.9 Å². The Kier molecular flexibility index (Phi) is 5.09. The first-order valence-corrected chi connectivity index (χ1v) is 9.12. The summed E-state index contributed by atoms with van der Waals surface area (Å²) in [7, 11) is 0. The van der Waals surface area contributed by atoms with Crippen molar-refractivity contribution in [1.82, 2.24) is 4.90 Å². The van der Waals surface area contributed by atoms with Gasteiger partial charge in [-0.1, -0.05) is 60.4 Å². The highest BCUT2D eigenvalue weighted by atomic mass is 19.3. The maximum atomic E-state index is 14.2. The first kappa shape index (κ1) is 18.8. The molecule has 144 valence electrons. The zero-order chi connectivity index (χ0) is 20.3. The van der Waals surface area contributed by atoms with E-state index in [-0.39, 0.29) is 0 Å². The molecular formula is C24H17F3N2. The van der Waals surface area contributed by atoms with E-state index in [1.165, 1.54) is 23.4 Å².